The molecule has 0 atom stereocenters. The highest BCUT2D eigenvalue weighted by atomic mass is 32.1. The molecule has 4 rings (SSSR count). The predicted octanol–water partition coefficient (Wildman–Crippen LogP) is 2.89. The predicted molar refractivity (Wildman–Crippen MR) is 104 cm³/mol. The number of aromatic amines is 1. The quantitative estimate of drug-likeness (QED) is 0.625. The Morgan fingerprint density at radius 1 is 1.44 bits per heavy atom. The lowest BCUT2D eigenvalue weighted by atomic mass is 9.74. The van der Waals surface area contributed by atoms with Gasteiger partial charge in [0.2, 0.25) is 0 Å². The normalized spacial score (nSPS) is 22.7. The first-order valence-electron chi connectivity index (χ1n) is 9.05. The Bertz CT molecular complexity index is 906. The number of nitrogens with two attached hydrogens (primary N) is 1. The summed E-state index contributed by atoms with van der Waals surface area (Å²) in [6, 6.07) is 0.329. The van der Waals surface area contributed by atoms with Crippen molar-refractivity contribution < 1.29 is 4.79 Å². The Morgan fingerprint density at radius 3 is 3.00 bits per heavy atom. The summed E-state index contributed by atoms with van der Waals surface area (Å²) in [7, 11) is 0. The number of rotatable bonds is 5. The van der Waals surface area contributed by atoms with Gasteiger partial charge in [0.05, 0.1) is 18.1 Å². The molecule has 8 nitrogen and oxygen atoms in total. The molecule has 1 aliphatic carbocycles. The monoisotopic (exact) mass is 385 g/mol. The van der Waals surface area contributed by atoms with Crippen LogP contribution in [0.15, 0.2) is 30.2 Å². The minimum atomic E-state index is -0.240. The first-order chi connectivity index (χ1) is 13.0. The Hall–Kier alpha value is -2.52. The average Bonchev–Trinajstić information content (AvgIpc) is 3.38. The maximum atomic E-state index is 12.5. The van der Waals surface area contributed by atoms with Crippen molar-refractivity contribution in [2.75, 3.05) is 5.32 Å². The largest absolute Gasteiger partial charge is 0.328 e. The molecule has 1 aliphatic rings. The van der Waals surface area contributed by atoms with Crippen LogP contribution in [0.25, 0.3) is 10.6 Å². The zero-order chi connectivity index (χ0) is 18.9. The minimum Gasteiger partial charge on any atom is -0.328 e. The van der Waals surface area contributed by atoms with Gasteiger partial charge in [0.15, 0.2) is 0 Å². The van der Waals surface area contributed by atoms with Crippen LogP contribution in [0.1, 0.15) is 43.1 Å². The Morgan fingerprint density at radius 2 is 2.26 bits per heavy atom. The highest BCUT2D eigenvalue weighted by molar-refractivity contribution is 7.13. The van der Waals surface area contributed by atoms with Gasteiger partial charge in [-0.3, -0.25) is 14.6 Å². The molecule has 0 spiro atoms. The van der Waals surface area contributed by atoms with Gasteiger partial charge in [-0.1, -0.05) is 6.92 Å². The van der Waals surface area contributed by atoms with Crippen molar-refractivity contribution >= 4 is 22.9 Å². The van der Waals surface area contributed by atoms with E-state index in [0.29, 0.717) is 17.4 Å². The van der Waals surface area contributed by atoms with Crippen molar-refractivity contribution in [3.63, 3.8) is 0 Å². The van der Waals surface area contributed by atoms with Crippen LogP contribution in [-0.4, -0.2) is 36.9 Å². The van der Waals surface area contributed by atoms with E-state index in [1.165, 1.54) is 11.3 Å². The zero-order valence-corrected chi connectivity index (χ0v) is 16.0. The summed E-state index contributed by atoms with van der Waals surface area (Å²) in [5.74, 6) is -0.240. The van der Waals surface area contributed by atoms with Gasteiger partial charge < -0.3 is 11.1 Å². The molecule has 0 saturated heterocycles. The SMILES string of the molecule is CC1(Cn2cc(NC(=O)c3csc(-c4cn[nH]c4)n3)cn2)CCC(N)CC1. The van der Waals surface area contributed by atoms with E-state index in [2.05, 4.69) is 32.5 Å². The molecule has 3 aromatic heterocycles. The van der Waals surface area contributed by atoms with E-state index in [0.717, 1.165) is 42.8 Å². The number of hydrogen-bond donors (Lipinski definition) is 3. The summed E-state index contributed by atoms with van der Waals surface area (Å²) in [6.07, 6.45) is 11.3. The number of hydrogen-bond acceptors (Lipinski definition) is 6. The Labute approximate surface area is 161 Å². The van der Waals surface area contributed by atoms with Gasteiger partial charge in [0.1, 0.15) is 10.7 Å². The Balaban J connectivity index is 1.38. The summed E-state index contributed by atoms with van der Waals surface area (Å²) in [6.45, 7) is 3.11. The number of anilines is 1. The standard InChI is InChI=1S/C18H23N7OS/c1-18(4-2-13(19)3-5-18)11-25-9-14(8-22-25)23-16(26)15-10-27-17(24-15)12-6-20-21-7-12/h6-10,13H,2-5,11,19H2,1H3,(H,20,21)(H,23,26). The van der Waals surface area contributed by atoms with E-state index in [9.17, 15) is 4.79 Å². The molecule has 142 valence electrons. The molecule has 1 saturated carbocycles. The molecule has 3 aromatic rings. The highest BCUT2D eigenvalue weighted by Gasteiger charge is 2.30. The number of H-pyrrole nitrogens is 1. The second kappa shape index (κ2) is 7.24. The van der Waals surface area contributed by atoms with Gasteiger partial charge in [0.25, 0.3) is 5.91 Å². The maximum Gasteiger partial charge on any atom is 0.275 e. The molecular weight excluding hydrogens is 362 g/mol. The first-order valence-corrected chi connectivity index (χ1v) is 9.93. The molecule has 0 bridgehead atoms. The van der Waals surface area contributed by atoms with E-state index in [1.807, 2.05) is 10.9 Å². The van der Waals surface area contributed by atoms with Gasteiger partial charge in [-0.2, -0.15) is 10.2 Å². The molecule has 1 amide bonds. The van der Waals surface area contributed by atoms with Gasteiger partial charge in [-0.05, 0) is 31.1 Å². The number of nitrogens with zero attached hydrogens (tertiary/aromatic N) is 4. The number of thiazole rings is 1. The van der Waals surface area contributed by atoms with E-state index in [4.69, 9.17) is 5.73 Å². The fourth-order valence-corrected chi connectivity index (χ4v) is 4.26. The molecule has 1 fully saturated rings. The summed E-state index contributed by atoms with van der Waals surface area (Å²) in [5, 5.41) is 16.4. The smallest absolute Gasteiger partial charge is 0.275 e. The third kappa shape index (κ3) is 4.09. The molecule has 0 aliphatic heterocycles. The van der Waals surface area contributed by atoms with Crippen molar-refractivity contribution in [1.82, 2.24) is 25.0 Å². The van der Waals surface area contributed by atoms with Crippen LogP contribution >= 0.6 is 11.3 Å². The van der Waals surface area contributed by atoms with Crippen LogP contribution in [0.3, 0.4) is 0 Å². The van der Waals surface area contributed by atoms with Crippen molar-refractivity contribution in [2.45, 2.75) is 45.2 Å². The molecule has 0 unspecified atom stereocenters. The molecule has 0 aromatic carbocycles. The van der Waals surface area contributed by atoms with Crippen LogP contribution in [0.4, 0.5) is 5.69 Å². The summed E-state index contributed by atoms with van der Waals surface area (Å²) < 4.78 is 1.91. The lowest BCUT2D eigenvalue weighted by Crippen LogP contribution is -2.34. The van der Waals surface area contributed by atoms with Gasteiger partial charge in [-0.15, -0.1) is 11.3 Å². The van der Waals surface area contributed by atoms with Gasteiger partial charge in [0, 0.05) is 35.9 Å². The molecule has 4 N–H and O–H groups in total. The van der Waals surface area contributed by atoms with Crippen molar-refractivity contribution in [3.8, 4) is 10.6 Å². The summed E-state index contributed by atoms with van der Waals surface area (Å²) in [4.78, 5) is 16.8. The zero-order valence-electron chi connectivity index (χ0n) is 15.2. The summed E-state index contributed by atoms with van der Waals surface area (Å²) in [5.41, 5.74) is 8.15. The third-order valence-electron chi connectivity index (χ3n) is 5.15. The first kappa shape index (κ1) is 17.9. The topological polar surface area (TPSA) is 115 Å². The fourth-order valence-electron chi connectivity index (χ4n) is 3.47. The van der Waals surface area contributed by atoms with E-state index in [1.54, 1.807) is 24.0 Å². The van der Waals surface area contributed by atoms with Crippen molar-refractivity contribution in [2.24, 2.45) is 11.1 Å². The second-order valence-corrected chi connectivity index (χ2v) is 8.41. The number of aromatic nitrogens is 5. The second-order valence-electron chi connectivity index (χ2n) is 7.55. The van der Waals surface area contributed by atoms with Crippen molar-refractivity contribution in [3.05, 3.63) is 35.9 Å². The van der Waals surface area contributed by atoms with E-state index in [-0.39, 0.29) is 11.3 Å². The Kier molecular flexibility index (Phi) is 4.79. The van der Waals surface area contributed by atoms with Crippen molar-refractivity contribution in [1.29, 1.82) is 0 Å². The third-order valence-corrected chi connectivity index (χ3v) is 6.05. The van der Waals surface area contributed by atoms with Crippen LogP contribution in [0.2, 0.25) is 0 Å². The van der Waals surface area contributed by atoms with Crippen LogP contribution in [0.5, 0.6) is 0 Å². The molecule has 9 heteroatoms. The fraction of sp³-hybridized carbons (Fsp3) is 0.444. The van der Waals surface area contributed by atoms with Crippen LogP contribution in [0, 0.1) is 5.41 Å². The van der Waals surface area contributed by atoms with Crippen LogP contribution in [-0.2, 0) is 6.54 Å². The molecule has 3 heterocycles. The number of nitrogens with one attached hydrogen (secondary N) is 2. The highest BCUT2D eigenvalue weighted by Crippen LogP contribution is 2.36. The molecular formula is C18H23N7OS. The maximum absolute atomic E-state index is 12.5. The van der Waals surface area contributed by atoms with E-state index < -0.39 is 0 Å². The lowest BCUT2D eigenvalue weighted by Gasteiger charge is -2.36. The van der Waals surface area contributed by atoms with Crippen LogP contribution < -0.4 is 11.1 Å². The van der Waals surface area contributed by atoms with Gasteiger partial charge >= 0.3 is 0 Å². The number of carbonyl (C=O) groups is 1. The summed E-state index contributed by atoms with van der Waals surface area (Å²) >= 11 is 1.41. The van der Waals surface area contributed by atoms with Gasteiger partial charge in [-0.25, -0.2) is 4.98 Å². The lowest BCUT2D eigenvalue weighted by molar-refractivity contribution is 0.102. The molecule has 27 heavy (non-hydrogen) atoms. The van der Waals surface area contributed by atoms with E-state index >= 15 is 0 Å². The number of amides is 1. The molecule has 0 radical (unpaired) electrons. The minimum absolute atomic E-state index is 0.206. The number of carbonyl (C=O) groups excluding carboxylic acids is 1. The average molecular weight is 385 g/mol.